The number of pyridine rings is 1. The first kappa shape index (κ1) is 20.0. The van der Waals surface area contributed by atoms with E-state index in [1.807, 2.05) is 18.3 Å². The Bertz CT molecular complexity index is 266. The van der Waals surface area contributed by atoms with Crippen LogP contribution in [0, 0.1) is 0 Å². The molecule has 1 aromatic heterocycles. The topological polar surface area (TPSA) is 28.2 Å². The maximum absolute atomic E-state index is 4.27. The number of hydrogen-bond donors (Lipinski definition) is 1. The minimum atomic E-state index is 0. The molecule has 0 fully saturated rings. The van der Waals surface area contributed by atoms with E-state index >= 15 is 0 Å². The third kappa shape index (κ3) is 8.70. The fourth-order valence-corrected chi connectivity index (χ4v) is 1.69. The van der Waals surface area contributed by atoms with E-state index in [1.54, 1.807) is 0 Å². The first-order chi connectivity index (χ1) is 7.86. The smallest absolute Gasteiger partial charge is 0.0541 e. The second-order valence-electron chi connectivity index (χ2n) is 3.88. The Hall–Kier alpha value is -0.350. The lowest BCUT2D eigenvalue weighted by atomic mass is 10.3. The van der Waals surface area contributed by atoms with E-state index < -0.39 is 0 Å². The highest BCUT2D eigenvalue weighted by molar-refractivity contribution is 5.85. The van der Waals surface area contributed by atoms with Gasteiger partial charge in [0.1, 0.15) is 0 Å². The summed E-state index contributed by atoms with van der Waals surface area (Å²) >= 11 is 0. The minimum absolute atomic E-state index is 0. The third-order valence-corrected chi connectivity index (χ3v) is 2.75. The second kappa shape index (κ2) is 13.1. The monoisotopic (exact) mass is 293 g/mol. The molecule has 1 N–H and O–H groups in total. The number of aromatic nitrogens is 1. The highest BCUT2D eigenvalue weighted by atomic mass is 35.5. The maximum Gasteiger partial charge on any atom is 0.0541 e. The lowest BCUT2D eigenvalue weighted by molar-refractivity contribution is 0.298. The number of nitrogens with one attached hydrogen (secondary N) is 1. The Labute approximate surface area is 123 Å². The third-order valence-electron chi connectivity index (χ3n) is 2.75. The van der Waals surface area contributed by atoms with E-state index in [4.69, 9.17) is 0 Å². The fraction of sp³-hybridized carbons (Fsp3) is 0.615. The SMILES string of the molecule is CCN(CC)CCCNCc1ccccn1.Cl.Cl. The van der Waals surface area contributed by atoms with Crippen LogP contribution in [0.3, 0.4) is 0 Å². The zero-order chi connectivity index (χ0) is 11.6. The van der Waals surface area contributed by atoms with Crippen molar-refractivity contribution in [1.29, 1.82) is 0 Å². The second-order valence-corrected chi connectivity index (χ2v) is 3.88. The molecule has 1 aromatic rings. The Balaban J connectivity index is 0. The van der Waals surface area contributed by atoms with Crippen LogP contribution in [0.2, 0.25) is 0 Å². The zero-order valence-electron chi connectivity index (χ0n) is 11.3. The van der Waals surface area contributed by atoms with Gasteiger partial charge in [-0.15, -0.1) is 24.8 Å². The van der Waals surface area contributed by atoms with Crippen molar-refractivity contribution in [3.8, 4) is 0 Å². The normalized spacial score (nSPS) is 9.72. The molecule has 1 heterocycles. The molecule has 0 spiro atoms. The lowest BCUT2D eigenvalue weighted by Gasteiger charge is -2.17. The van der Waals surface area contributed by atoms with Gasteiger partial charge in [-0.3, -0.25) is 4.98 Å². The number of hydrogen-bond acceptors (Lipinski definition) is 3. The standard InChI is InChI=1S/C13H23N3.2ClH/c1-3-16(4-2)11-7-9-14-12-13-8-5-6-10-15-13;;/h5-6,8,10,14H,3-4,7,9,11-12H2,1-2H3;2*1H. The molecular weight excluding hydrogens is 269 g/mol. The van der Waals surface area contributed by atoms with Crippen molar-refractivity contribution in [2.45, 2.75) is 26.8 Å². The van der Waals surface area contributed by atoms with Crippen molar-refractivity contribution in [3.05, 3.63) is 30.1 Å². The van der Waals surface area contributed by atoms with Crippen molar-refractivity contribution in [1.82, 2.24) is 15.2 Å². The van der Waals surface area contributed by atoms with Gasteiger partial charge in [0.05, 0.1) is 5.69 Å². The zero-order valence-corrected chi connectivity index (χ0v) is 12.9. The van der Waals surface area contributed by atoms with Gasteiger partial charge in [0.2, 0.25) is 0 Å². The highest BCUT2D eigenvalue weighted by Gasteiger charge is 1.97. The molecule has 0 aromatic carbocycles. The van der Waals surface area contributed by atoms with Crippen molar-refractivity contribution >= 4 is 24.8 Å². The fourth-order valence-electron chi connectivity index (χ4n) is 1.69. The van der Waals surface area contributed by atoms with E-state index in [0.717, 1.165) is 31.9 Å². The minimum Gasteiger partial charge on any atom is -0.311 e. The van der Waals surface area contributed by atoms with Gasteiger partial charge in [-0.2, -0.15) is 0 Å². The van der Waals surface area contributed by atoms with Crippen LogP contribution in [0.5, 0.6) is 0 Å². The van der Waals surface area contributed by atoms with Crippen molar-refractivity contribution in [3.63, 3.8) is 0 Å². The molecule has 0 saturated carbocycles. The van der Waals surface area contributed by atoms with Crippen LogP contribution < -0.4 is 5.32 Å². The molecule has 0 unspecified atom stereocenters. The predicted octanol–water partition coefficient (Wildman–Crippen LogP) is 2.75. The van der Waals surface area contributed by atoms with Crippen LogP contribution in [-0.2, 0) is 6.54 Å². The molecule has 18 heavy (non-hydrogen) atoms. The molecule has 0 aliphatic carbocycles. The molecule has 0 saturated heterocycles. The van der Waals surface area contributed by atoms with Gasteiger partial charge in [-0.05, 0) is 44.7 Å². The van der Waals surface area contributed by atoms with Crippen LogP contribution >= 0.6 is 24.8 Å². The quantitative estimate of drug-likeness (QED) is 0.747. The summed E-state index contributed by atoms with van der Waals surface area (Å²) in [5, 5.41) is 3.42. The summed E-state index contributed by atoms with van der Waals surface area (Å²) in [5.41, 5.74) is 1.12. The van der Waals surface area contributed by atoms with Crippen molar-refractivity contribution in [2.75, 3.05) is 26.2 Å². The molecule has 106 valence electrons. The Morgan fingerprint density at radius 1 is 1.17 bits per heavy atom. The summed E-state index contributed by atoms with van der Waals surface area (Å²) < 4.78 is 0. The van der Waals surface area contributed by atoms with Gasteiger partial charge in [0.25, 0.3) is 0 Å². The number of rotatable bonds is 8. The lowest BCUT2D eigenvalue weighted by Crippen LogP contribution is -2.27. The summed E-state index contributed by atoms with van der Waals surface area (Å²) in [4.78, 5) is 6.72. The molecule has 1 rings (SSSR count). The van der Waals surface area contributed by atoms with Gasteiger partial charge < -0.3 is 10.2 Å². The van der Waals surface area contributed by atoms with Gasteiger partial charge in [-0.1, -0.05) is 19.9 Å². The molecule has 0 atom stereocenters. The van der Waals surface area contributed by atoms with Crippen LogP contribution in [0.15, 0.2) is 24.4 Å². The van der Waals surface area contributed by atoms with Gasteiger partial charge >= 0.3 is 0 Å². The van der Waals surface area contributed by atoms with Gasteiger partial charge in [-0.25, -0.2) is 0 Å². The Morgan fingerprint density at radius 3 is 2.44 bits per heavy atom. The van der Waals surface area contributed by atoms with E-state index in [9.17, 15) is 0 Å². The first-order valence-corrected chi connectivity index (χ1v) is 6.19. The average molecular weight is 294 g/mol. The van der Waals surface area contributed by atoms with E-state index in [0.29, 0.717) is 0 Å². The Morgan fingerprint density at radius 2 is 1.89 bits per heavy atom. The van der Waals surface area contributed by atoms with Gasteiger partial charge in [0.15, 0.2) is 0 Å². The first-order valence-electron chi connectivity index (χ1n) is 6.19. The largest absolute Gasteiger partial charge is 0.311 e. The van der Waals surface area contributed by atoms with Crippen molar-refractivity contribution < 1.29 is 0 Å². The number of halogens is 2. The summed E-state index contributed by atoms with van der Waals surface area (Å²) in [7, 11) is 0. The average Bonchev–Trinajstić information content (AvgIpc) is 2.35. The predicted molar refractivity (Wildman–Crippen MR) is 82.8 cm³/mol. The van der Waals surface area contributed by atoms with Crippen LogP contribution in [0.25, 0.3) is 0 Å². The highest BCUT2D eigenvalue weighted by Crippen LogP contribution is 1.93. The van der Waals surface area contributed by atoms with Crippen LogP contribution in [-0.4, -0.2) is 36.1 Å². The van der Waals surface area contributed by atoms with E-state index in [2.05, 4.69) is 35.1 Å². The summed E-state index contributed by atoms with van der Waals surface area (Å²) in [6, 6.07) is 6.03. The molecule has 3 nitrogen and oxygen atoms in total. The van der Waals surface area contributed by atoms with E-state index in [1.165, 1.54) is 13.0 Å². The molecule has 0 radical (unpaired) electrons. The van der Waals surface area contributed by atoms with Crippen LogP contribution in [0.1, 0.15) is 26.0 Å². The summed E-state index contributed by atoms with van der Waals surface area (Å²) in [5.74, 6) is 0. The molecular formula is C13H25Cl2N3. The van der Waals surface area contributed by atoms with Crippen LogP contribution in [0.4, 0.5) is 0 Å². The van der Waals surface area contributed by atoms with E-state index in [-0.39, 0.29) is 24.8 Å². The number of nitrogens with zero attached hydrogens (tertiary/aromatic N) is 2. The van der Waals surface area contributed by atoms with Gasteiger partial charge in [0, 0.05) is 12.7 Å². The molecule has 5 heteroatoms. The van der Waals surface area contributed by atoms with Crippen molar-refractivity contribution in [2.24, 2.45) is 0 Å². The molecule has 0 aliphatic heterocycles. The Kier molecular flexibility index (Phi) is 14.5. The molecule has 0 aliphatic rings. The summed E-state index contributed by atoms with van der Waals surface area (Å²) in [6.07, 6.45) is 3.04. The maximum atomic E-state index is 4.27. The molecule has 0 amide bonds. The molecule has 0 bridgehead atoms. The summed E-state index contributed by atoms with van der Waals surface area (Å²) in [6.45, 7) is 9.84.